The normalized spacial score (nSPS) is 16.3. The van der Waals surface area contributed by atoms with Gasteiger partial charge in [0.1, 0.15) is 5.75 Å². The van der Waals surface area contributed by atoms with Gasteiger partial charge in [-0.25, -0.2) is 0 Å². The number of fused-ring (bicyclic) bond motifs is 1. The third kappa shape index (κ3) is 3.75. The smallest absolute Gasteiger partial charge is 0.246 e. The maximum atomic E-state index is 12.9. The summed E-state index contributed by atoms with van der Waals surface area (Å²) in [4.78, 5) is 26.6. The fraction of sp³-hybridized carbons (Fsp3) is 0.263. The van der Waals surface area contributed by atoms with Crippen molar-refractivity contribution in [1.29, 1.82) is 0 Å². The summed E-state index contributed by atoms with van der Waals surface area (Å²) < 4.78 is 5.29. The number of para-hydroxylation sites is 2. The molecule has 0 unspecified atom stereocenters. The van der Waals surface area contributed by atoms with Gasteiger partial charge in [-0.2, -0.15) is 0 Å². The molecule has 1 aliphatic heterocycles. The second-order valence-corrected chi connectivity index (χ2v) is 6.52. The van der Waals surface area contributed by atoms with Crippen LogP contribution in [0.2, 0.25) is 5.02 Å². The maximum absolute atomic E-state index is 12.9. The Morgan fingerprint density at radius 1 is 1.35 bits per heavy atom. The first-order chi connectivity index (χ1) is 12.5. The molecule has 2 aromatic rings. The van der Waals surface area contributed by atoms with Crippen molar-refractivity contribution in [2.45, 2.75) is 19.4 Å². The number of nitrogens with one attached hydrogen (secondary N) is 2. The molecule has 0 fully saturated rings. The number of carbonyl (C=O) groups is 2. The van der Waals surface area contributed by atoms with E-state index in [4.69, 9.17) is 16.3 Å². The lowest BCUT2D eigenvalue weighted by atomic mass is 10.1. The van der Waals surface area contributed by atoms with E-state index in [1.807, 2.05) is 25.1 Å². The van der Waals surface area contributed by atoms with E-state index < -0.39 is 0 Å². The van der Waals surface area contributed by atoms with E-state index in [-0.39, 0.29) is 30.8 Å². The molecule has 7 heteroatoms. The third-order valence-corrected chi connectivity index (χ3v) is 4.45. The predicted octanol–water partition coefficient (Wildman–Crippen LogP) is 3.52. The number of methoxy groups -OCH3 is 1. The fourth-order valence-corrected chi connectivity index (χ4v) is 3.21. The average Bonchev–Trinajstić information content (AvgIpc) is 2.74. The minimum atomic E-state index is -0.255. The number of ether oxygens (including phenoxy) is 1. The molecule has 0 saturated carbocycles. The van der Waals surface area contributed by atoms with Crippen LogP contribution >= 0.6 is 11.6 Å². The van der Waals surface area contributed by atoms with E-state index in [9.17, 15) is 9.59 Å². The van der Waals surface area contributed by atoms with Crippen LogP contribution in [0.5, 0.6) is 5.75 Å². The first-order valence-electron chi connectivity index (χ1n) is 8.28. The van der Waals surface area contributed by atoms with Crippen LogP contribution < -0.4 is 20.3 Å². The van der Waals surface area contributed by atoms with Gasteiger partial charge in [0.2, 0.25) is 11.8 Å². The van der Waals surface area contributed by atoms with E-state index in [2.05, 4.69) is 10.6 Å². The van der Waals surface area contributed by atoms with Gasteiger partial charge >= 0.3 is 0 Å². The number of anilines is 3. The lowest BCUT2D eigenvalue weighted by Gasteiger charge is -2.28. The van der Waals surface area contributed by atoms with Gasteiger partial charge in [0.05, 0.1) is 30.7 Å². The summed E-state index contributed by atoms with van der Waals surface area (Å²) in [5.41, 5.74) is 1.96. The topological polar surface area (TPSA) is 70.7 Å². The number of hydrogen-bond acceptors (Lipinski definition) is 4. The second-order valence-electron chi connectivity index (χ2n) is 6.08. The largest absolute Gasteiger partial charge is 0.495 e. The Hall–Kier alpha value is -2.73. The van der Waals surface area contributed by atoms with Gasteiger partial charge in [-0.3, -0.25) is 9.59 Å². The van der Waals surface area contributed by atoms with E-state index in [1.54, 1.807) is 36.3 Å². The van der Waals surface area contributed by atoms with Crippen LogP contribution in [0.25, 0.3) is 0 Å². The van der Waals surface area contributed by atoms with Crippen molar-refractivity contribution < 1.29 is 14.3 Å². The Labute approximate surface area is 157 Å². The molecule has 0 saturated heterocycles. The molecule has 1 heterocycles. The molecule has 0 aromatic heterocycles. The maximum Gasteiger partial charge on any atom is 0.246 e. The van der Waals surface area contributed by atoms with Gasteiger partial charge in [0, 0.05) is 17.5 Å². The SMILES string of the molecule is COc1ccc(Cl)cc1NCC(=O)N1c2ccccc2NC(=O)C[C@H]1C. The predicted molar refractivity (Wildman–Crippen MR) is 103 cm³/mol. The van der Waals surface area contributed by atoms with Crippen molar-refractivity contribution in [3.63, 3.8) is 0 Å². The van der Waals surface area contributed by atoms with Crippen molar-refractivity contribution in [3.05, 3.63) is 47.5 Å². The number of nitrogens with zero attached hydrogens (tertiary/aromatic N) is 1. The van der Waals surface area contributed by atoms with Gasteiger partial charge in [0.25, 0.3) is 0 Å². The summed E-state index contributed by atoms with van der Waals surface area (Å²) in [6.07, 6.45) is 0.237. The van der Waals surface area contributed by atoms with Gasteiger partial charge < -0.3 is 20.3 Å². The molecule has 0 spiro atoms. The van der Waals surface area contributed by atoms with Crippen molar-refractivity contribution in [1.82, 2.24) is 0 Å². The molecule has 26 heavy (non-hydrogen) atoms. The van der Waals surface area contributed by atoms with Gasteiger partial charge in [-0.05, 0) is 37.3 Å². The van der Waals surface area contributed by atoms with Gasteiger partial charge in [-0.15, -0.1) is 0 Å². The molecule has 3 rings (SSSR count). The van der Waals surface area contributed by atoms with Gasteiger partial charge in [-0.1, -0.05) is 23.7 Å². The summed E-state index contributed by atoms with van der Waals surface area (Å²) in [5, 5.41) is 6.47. The Morgan fingerprint density at radius 3 is 2.88 bits per heavy atom. The number of halogens is 1. The Balaban J connectivity index is 1.83. The van der Waals surface area contributed by atoms with Crippen LogP contribution in [-0.2, 0) is 9.59 Å². The van der Waals surface area contributed by atoms with Crippen LogP contribution in [0.1, 0.15) is 13.3 Å². The van der Waals surface area contributed by atoms with Crippen molar-refractivity contribution in [2.75, 3.05) is 29.2 Å². The van der Waals surface area contributed by atoms with E-state index in [1.165, 1.54) is 0 Å². The number of benzene rings is 2. The zero-order chi connectivity index (χ0) is 18.7. The highest BCUT2D eigenvalue weighted by molar-refractivity contribution is 6.31. The van der Waals surface area contributed by atoms with Crippen LogP contribution in [0.15, 0.2) is 42.5 Å². The molecular formula is C19H20ClN3O3. The molecule has 1 atom stereocenters. The molecule has 2 aromatic carbocycles. The monoisotopic (exact) mass is 373 g/mol. The summed E-state index contributed by atoms with van der Waals surface area (Å²) in [7, 11) is 1.56. The molecular weight excluding hydrogens is 354 g/mol. The summed E-state index contributed by atoms with van der Waals surface area (Å²) in [6.45, 7) is 1.91. The lowest BCUT2D eigenvalue weighted by Crippen LogP contribution is -2.42. The minimum Gasteiger partial charge on any atom is -0.495 e. The minimum absolute atomic E-state index is 0.0452. The van der Waals surface area contributed by atoms with E-state index >= 15 is 0 Å². The molecule has 136 valence electrons. The highest BCUT2D eigenvalue weighted by Gasteiger charge is 2.29. The highest BCUT2D eigenvalue weighted by atomic mass is 35.5. The van der Waals surface area contributed by atoms with E-state index in [0.29, 0.717) is 27.8 Å². The zero-order valence-corrected chi connectivity index (χ0v) is 15.3. The van der Waals surface area contributed by atoms with E-state index in [0.717, 1.165) is 0 Å². The molecule has 0 bridgehead atoms. The van der Waals surface area contributed by atoms with Crippen LogP contribution in [0.3, 0.4) is 0 Å². The Kier molecular flexibility index (Phi) is 5.32. The number of amides is 2. The van der Waals surface area contributed by atoms with Crippen molar-refractivity contribution >= 4 is 40.5 Å². The quantitative estimate of drug-likeness (QED) is 0.860. The summed E-state index contributed by atoms with van der Waals surface area (Å²) in [5.74, 6) is 0.344. The van der Waals surface area contributed by atoms with Crippen molar-refractivity contribution in [3.8, 4) is 5.75 Å². The first kappa shape index (κ1) is 18.1. The number of carbonyl (C=O) groups excluding carboxylic acids is 2. The fourth-order valence-electron chi connectivity index (χ4n) is 3.04. The standard InChI is InChI=1S/C19H20ClN3O3/c1-12-9-18(24)22-14-5-3-4-6-16(14)23(12)19(25)11-21-15-10-13(20)7-8-17(15)26-2/h3-8,10,12,21H,9,11H2,1-2H3,(H,22,24)/t12-/m1/s1. The van der Waals surface area contributed by atoms with Crippen LogP contribution in [0.4, 0.5) is 17.1 Å². The Morgan fingerprint density at radius 2 is 2.12 bits per heavy atom. The molecule has 0 aliphatic carbocycles. The van der Waals surface area contributed by atoms with Crippen LogP contribution in [0, 0.1) is 0 Å². The molecule has 1 aliphatic rings. The second kappa shape index (κ2) is 7.66. The number of rotatable bonds is 4. The molecule has 2 N–H and O–H groups in total. The van der Waals surface area contributed by atoms with Crippen LogP contribution in [-0.4, -0.2) is 31.5 Å². The first-order valence-corrected chi connectivity index (χ1v) is 8.65. The molecule has 0 radical (unpaired) electrons. The lowest BCUT2D eigenvalue weighted by molar-refractivity contribution is -0.118. The van der Waals surface area contributed by atoms with Crippen molar-refractivity contribution in [2.24, 2.45) is 0 Å². The molecule has 2 amide bonds. The summed E-state index contributed by atoms with van der Waals surface area (Å²) in [6, 6.07) is 12.2. The number of hydrogen-bond donors (Lipinski definition) is 2. The average molecular weight is 374 g/mol. The summed E-state index contributed by atoms with van der Waals surface area (Å²) >= 11 is 6.03. The highest BCUT2D eigenvalue weighted by Crippen LogP contribution is 2.32. The third-order valence-electron chi connectivity index (χ3n) is 4.22. The molecule has 6 nitrogen and oxygen atoms in total. The Bertz CT molecular complexity index is 841. The van der Waals surface area contributed by atoms with Gasteiger partial charge in [0.15, 0.2) is 0 Å². The zero-order valence-electron chi connectivity index (χ0n) is 14.6.